The van der Waals surface area contributed by atoms with Crippen molar-refractivity contribution < 1.29 is 4.79 Å². The number of H-pyrrole nitrogens is 1. The third kappa shape index (κ3) is 5.26. The highest BCUT2D eigenvalue weighted by Gasteiger charge is 2.27. The molecule has 1 atom stereocenters. The van der Waals surface area contributed by atoms with Crippen molar-refractivity contribution in [2.75, 3.05) is 54.4 Å². The highest BCUT2D eigenvalue weighted by Crippen LogP contribution is 2.26. The van der Waals surface area contributed by atoms with Gasteiger partial charge in [-0.25, -0.2) is 10.1 Å². The van der Waals surface area contributed by atoms with Crippen molar-refractivity contribution in [3.05, 3.63) is 75.8 Å². The normalized spacial score (nSPS) is 17.5. The molecule has 2 aliphatic heterocycles. The number of hydrogen-bond acceptors (Lipinski definition) is 8. The summed E-state index contributed by atoms with van der Waals surface area (Å²) >= 11 is 0. The minimum atomic E-state index is -0.156. The van der Waals surface area contributed by atoms with E-state index in [0.29, 0.717) is 49.4 Å². The molecule has 2 aromatic heterocycles. The molecule has 1 amide bonds. The van der Waals surface area contributed by atoms with E-state index < -0.39 is 0 Å². The predicted octanol–water partition coefficient (Wildman–Crippen LogP) is 2.39. The summed E-state index contributed by atoms with van der Waals surface area (Å²) in [6.45, 7) is 6.03. The smallest absolute Gasteiger partial charge is 0.269 e. The van der Waals surface area contributed by atoms with Crippen LogP contribution in [0, 0.1) is 18.3 Å². The number of rotatable bonds is 6. The quantitative estimate of drug-likeness (QED) is 0.531. The van der Waals surface area contributed by atoms with E-state index in [4.69, 9.17) is 5.26 Å². The summed E-state index contributed by atoms with van der Waals surface area (Å²) in [6, 6.07) is 13.6. The Morgan fingerprint density at radius 2 is 2.00 bits per heavy atom. The van der Waals surface area contributed by atoms with Crippen LogP contribution in [0.3, 0.4) is 0 Å². The van der Waals surface area contributed by atoms with Gasteiger partial charge in [-0.3, -0.25) is 9.59 Å². The molecule has 3 aromatic rings. The van der Waals surface area contributed by atoms with E-state index >= 15 is 0 Å². The number of pyridine rings is 1. The third-order valence-corrected chi connectivity index (χ3v) is 7.18. The van der Waals surface area contributed by atoms with Crippen LogP contribution in [0.25, 0.3) is 0 Å². The molecule has 2 aliphatic rings. The first kappa shape index (κ1) is 24.3. The van der Waals surface area contributed by atoms with E-state index in [1.807, 2.05) is 42.2 Å². The summed E-state index contributed by atoms with van der Waals surface area (Å²) in [5.74, 6) is 0.841. The second kappa shape index (κ2) is 10.7. The van der Waals surface area contributed by atoms with Crippen molar-refractivity contribution in [2.24, 2.45) is 0 Å². The molecule has 2 saturated heterocycles. The average molecular weight is 499 g/mol. The van der Waals surface area contributed by atoms with E-state index in [1.165, 1.54) is 0 Å². The minimum absolute atomic E-state index is 0.0174. The zero-order valence-electron chi connectivity index (χ0n) is 20.9. The first-order valence-corrected chi connectivity index (χ1v) is 12.6. The number of anilines is 3. The van der Waals surface area contributed by atoms with Gasteiger partial charge in [-0.1, -0.05) is 6.07 Å². The molecule has 0 aliphatic carbocycles. The maximum absolute atomic E-state index is 13.2. The summed E-state index contributed by atoms with van der Waals surface area (Å²) in [6.07, 6.45) is 5.39. The van der Waals surface area contributed by atoms with Gasteiger partial charge in [-0.05, 0) is 50.1 Å². The Bertz CT molecular complexity index is 1360. The van der Waals surface area contributed by atoms with Gasteiger partial charge in [-0.2, -0.15) is 10.4 Å². The fourth-order valence-electron chi connectivity index (χ4n) is 5.06. The van der Waals surface area contributed by atoms with Gasteiger partial charge in [0.1, 0.15) is 11.9 Å². The van der Waals surface area contributed by atoms with Crippen molar-refractivity contribution in [3.63, 3.8) is 0 Å². The summed E-state index contributed by atoms with van der Waals surface area (Å²) < 4.78 is 0. The highest BCUT2D eigenvalue weighted by molar-refractivity contribution is 5.95. The van der Waals surface area contributed by atoms with E-state index in [2.05, 4.69) is 36.4 Å². The van der Waals surface area contributed by atoms with Crippen LogP contribution in [0.4, 0.5) is 17.2 Å². The Hall–Kier alpha value is -4.39. The highest BCUT2D eigenvalue weighted by atomic mass is 16.2. The third-order valence-electron chi connectivity index (χ3n) is 7.18. The molecule has 0 saturated carbocycles. The van der Waals surface area contributed by atoms with Crippen molar-refractivity contribution in [1.82, 2.24) is 20.1 Å². The minimum Gasteiger partial charge on any atom is -0.383 e. The molecule has 1 unspecified atom stereocenters. The average Bonchev–Trinajstić information content (AvgIpc) is 3.42. The number of carbonyl (C=O) groups is 1. The number of piperazine rings is 1. The number of amides is 1. The lowest BCUT2D eigenvalue weighted by Crippen LogP contribution is -2.49. The number of nitrogens with one attached hydrogen (secondary N) is 2. The Kier molecular flexibility index (Phi) is 7.03. The molecule has 0 spiro atoms. The SMILES string of the molecule is Cc1c(N2CCCC2CNc2cccc(C(=O)N3CCN(c4ccc(C#N)cn4)CC3)c2)cn[nH]c1=O. The van der Waals surface area contributed by atoms with Crippen LogP contribution in [0.2, 0.25) is 0 Å². The van der Waals surface area contributed by atoms with Gasteiger partial charge in [0.05, 0.1) is 17.4 Å². The summed E-state index contributed by atoms with van der Waals surface area (Å²) in [5, 5.41) is 18.9. The second-order valence-corrected chi connectivity index (χ2v) is 9.46. The summed E-state index contributed by atoms with van der Waals surface area (Å²) in [5.41, 5.74) is 3.51. The van der Waals surface area contributed by atoms with Gasteiger partial charge in [0.25, 0.3) is 11.5 Å². The van der Waals surface area contributed by atoms with Gasteiger partial charge in [0, 0.05) is 68.3 Å². The lowest BCUT2D eigenvalue weighted by molar-refractivity contribution is 0.0746. The number of nitriles is 1. The zero-order chi connectivity index (χ0) is 25.8. The Morgan fingerprint density at radius 1 is 1.16 bits per heavy atom. The predicted molar refractivity (Wildman–Crippen MR) is 142 cm³/mol. The molecule has 10 heteroatoms. The molecule has 2 N–H and O–H groups in total. The first-order chi connectivity index (χ1) is 18.0. The molecule has 0 radical (unpaired) electrons. The topological polar surface area (TPSA) is 121 Å². The number of nitrogens with zero attached hydrogens (tertiary/aromatic N) is 6. The molecule has 0 bridgehead atoms. The summed E-state index contributed by atoms with van der Waals surface area (Å²) in [4.78, 5) is 35.9. The maximum Gasteiger partial charge on any atom is 0.269 e. The number of aromatic nitrogens is 3. The molecule has 190 valence electrons. The van der Waals surface area contributed by atoms with Crippen molar-refractivity contribution in [1.29, 1.82) is 5.26 Å². The fourth-order valence-corrected chi connectivity index (χ4v) is 5.06. The van der Waals surface area contributed by atoms with Gasteiger partial charge >= 0.3 is 0 Å². The van der Waals surface area contributed by atoms with E-state index in [9.17, 15) is 9.59 Å². The largest absolute Gasteiger partial charge is 0.383 e. The summed E-state index contributed by atoms with van der Waals surface area (Å²) in [7, 11) is 0. The molecule has 1 aromatic carbocycles. The van der Waals surface area contributed by atoms with Gasteiger partial charge in [0.15, 0.2) is 0 Å². The van der Waals surface area contributed by atoms with E-state index in [-0.39, 0.29) is 17.5 Å². The maximum atomic E-state index is 13.2. The van der Waals surface area contributed by atoms with Crippen LogP contribution in [0.5, 0.6) is 0 Å². The molecule has 4 heterocycles. The number of benzene rings is 1. The Balaban J connectivity index is 1.18. The van der Waals surface area contributed by atoms with Crippen molar-refractivity contribution in [2.45, 2.75) is 25.8 Å². The van der Waals surface area contributed by atoms with E-state index in [0.717, 1.165) is 36.6 Å². The number of hydrogen-bond donors (Lipinski definition) is 2. The Morgan fingerprint density at radius 3 is 2.76 bits per heavy atom. The lowest BCUT2D eigenvalue weighted by Gasteiger charge is -2.35. The van der Waals surface area contributed by atoms with Gasteiger partial charge < -0.3 is 20.0 Å². The lowest BCUT2D eigenvalue weighted by atomic mass is 10.1. The van der Waals surface area contributed by atoms with E-state index in [1.54, 1.807) is 18.5 Å². The monoisotopic (exact) mass is 498 g/mol. The molecule has 37 heavy (non-hydrogen) atoms. The van der Waals surface area contributed by atoms with Gasteiger partial charge in [0.2, 0.25) is 0 Å². The molecular weight excluding hydrogens is 468 g/mol. The molecule has 10 nitrogen and oxygen atoms in total. The number of aromatic amines is 1. The molecule has 5 rings (SSSR count). The van der Waals surface area contributed by atoms with Crippen LogP contribution >= 0.6 is 0 Å². The molecule has 2 fully saturated rings. The van der Waals surface area contributed by atoms with Crippen LogP contribution in [0.15, 0.2) is 53.6 Å². The first-order valence-electron chi connectivity index (χ1n) is 12.6. The second-order valence-electron chi connectivity index (χ2n) is 9.46. The van der Waals surface area contributed by atoms with Crippen LogP contribution in [0.1, 0.15) is 34.3 Å². The molecular formula is C27H30N8O2. The standard InChI is InChI=1S/C27H30N8O2/c1-19-24(18-31-32-26(19)36)35-9-3-6-23(35)17-29-22-5-2-4-21(14-22)27(37)34-12-10-33(11-13-34)25-8-7-20(15-28)16-30-25/h2,4-5,7-8,14,16,18,23,29H,3,6,9-13,17H2,1H3,(H,32,36). The zero-order valence-corrected chi connectivity index (χ0v) is 20.9. The van der Waals surface area contributed by atoms with Crippen LogP contribution in [-0.4, -0.2) is 71.3 Å². The number of carbonyl (C=O) groups excluding carboxylic acids is 1. The van der Waals surface area contributed by atoms with Crippen LogP contribution < -0.4 is 20.7 Å². The Labute approximate surface area is 215 Å². The van der Waals surface area contributed by atoms with Crippen molar-refractivity contribution >= 4 is 23.1 Å². The van der Waals surface area contributed by atoms with Gasteiger partial charge in [-0.15, -0.1) is 0 Å². The van der Waals surface area contributed by atoms with Crippen molar-refractivity contribution in [3.8, 4) is 6.07 Å². The van der Waals surface area contributed by atoms with Crippen LogP contribution in [-0.2, 0) is 0 Å². The fraction of sp³-hybridized carbons (Fsp3) is 0.370.